The minimum atomic E-state index is -0.0430. The number of carbonyl (C=O) groups excluding carboxylic acids is 1. The first-order valence-electron chi connectivity index (χ1n) is 6.38. The molecule has 1 amide bonds. The van der Waals surface area contributed by atoms with Gasteiger partial charge in [0, 0.05) is 12.5 Å². The Morgan fingerprint density at radius 3 is 2.72 bits per heavy atom. The second-order valence-corrected chi connectivity index (χ2v) is 5.25. The molecule has 1 N–H and O–H groups in total. The molecule has 0 aliphatic carbocycles. The maximum Gasteiger partial charge on any atom is 0.237 e. The number of likely N-dealkylation sites (N-methyl/N-ethyl adjacent to an activating group) is 1. The van der Waals surface area contributed by atoms with E-state index in [9.17, 15) is 9.90 Å². The number of benzene rings is 1. The van der Waals surface area contributed by atoms with Gasteiger partial charge in [0.25, 0.3) is 0 Å². The average Bonchev–Trinajstić information content (AvgIpc) is 2.34. The van der Waals surface area contributed by atoms with Gasteiger partial charge in [0.1, 0.15) is 0 Å². The van der Waals surface area contributed by atoms with Crippen molar-refractivity contribution in [3.63, 3.8) is 0 Å². The van der Waals surface area contributed by atoms with Crippen LogP contribution in [0.3, 0.4) is 0 Å². The van der Waals surface area contributed by atoms with Gasteiger partial charge in [0.05, 0.1) is 25.2 Å². The van der Waals surface area contributed by atoms with Gasteiger partial charge in [0.15, 0.2) is 0 Å². The molecule has 0 radical (unpaired) electrons. The van der Waals surface area contributed by atoms with Gasteiger partial charge in [-0.25, -0.2) is 0 Å². The van der Waals surface area contributed by atoms with Gasteiger partial charge < -0.3 is 10.0 Å². The summed E-state index contributed by atoms with van der Waals surface area (Å²) in [5, 5.41) is 9.53. The highest BCUT2D eigenvalue weighted by atomic mass is 16.3. The molecule has 4 heteroatoms. The molecule has 1 aromatic carbocycles. The lowest BCUT2D eigenvalue weighted by atomic mass is 9.74. The van der Waals surface area contributed by atoms with Crippen LogP contribution in [0, 0.1) is 0 Å². The number of rotatable bonds is 2. The highest BCUT2D eigenvalue weighted by molar-refractivity contribution is 5.81. The van der Waals surface area contributed by atoms with Crippen molar-refractivity contribution in [3.8, 4) is 0 Å². The van der Waals surface area contributed by atoms with Crippen LogP contribution >= 0.6 is 0 Å². The molecule has 2 aliphatic rings. The zero-order valence-corrected chi connectivity index (χ0v) is 10.5. The lowest BCUT2D eigenvalue weighted by Crippen LogP contribution is -2.72. The van der Waals surface area contributed by atoms with Crippen LogP contribution in [0.1, 0.15) is 11.5 Å². The van der Waals surface area contributed by atoms with E-state index >= 15 is 0 Å². The molecule has 0 saturated carbocycles. The first-order chi connectivity index (χ1) is 8.72. The number of aliphatic hydroxyl groups excluding tert-OH is 1. The predicted molar refractivity (Wildman–Crippen MR) is 68.2 cm³/mol. The topological polar surface area (TPSA) is 43.8 Å². The number of hydrogen-bond donors (Lipinski definition) is 1. The number of fused-ring (bicyclic) bond motifs is 1. The molecule has 0 bridgehead atoms. The maximum absolute atomic E-state index is 12.0. The van der Waals surface area contributed by atoms with E-state index < -0.39 is 0 Å². The maximum atomic E-state index is 12.0. The highest BCUT2D eigenvalue weighted by Crippen LogP contribution is 2.42. The summed E-state index contributed by atoms with van der Waals surface area (Å²) < 4.78 is 0. The Labute approximate surface area is 107 Å². The summed E-state index contributed by atoms with van der Waals surface area (Å²) in [6.07, 6.45) is 0. The molecule has 2 fully saturated rings. The van der Waals surface area contributed by atoms with E-state index in [1.807, 2.05) is 30.1 Å². The van der Waals surface area contributed by atoms with Crippen LogP contribution in [0.2, 0.25) is 0 Å². The molecule has 0 unspecified atom stereocenters. The fraction of sp³-hybridized carbons (Fsp3) is 0.500. The molecule has 3 rings (SSSR count). The lowest BCUT2D eigenvalue weighted by molar-refractivity contribution is -0.160. The summed E-state index contributed by atoms with van der Waals surface area (Å²) in [6, 6.07) is 10.4. The van der Waals surface area contributed by atoms with E-state index in [1.54, 1.807) is 0 Å². The first kappa shape index (κ1) is 11.7. The van der Waals surface area contributed by atoms with Gasteiger partial charge in [-0.3, -0.25) is 9.69 Å². The number of nitrogens with zero attached hydrogens (tertiary/aromatic N) is 2. The van der Waals surface area contributed by atoms with E-state index in [-0.39, 0.29) is 30.5 Å². The Morgan fingerprint density at radius 2 is 2.06 bits per heavy atom. The summed E-state index contributed by atoms with van der Waals surface area (Å²) in [4.78, 5) is 15.9. The third kappa shape index (κ3) is 1.64. The molecule has 96 valence electrons. The molecular weight excluding hydrogens is 228 g/mol. The summed E-state index contributed by atoms with van der Waals surface area (Å²) in [5.74, 6) is 0.405. The second-order valence-electron chi connectivity index (χ2n) is 5.25. The fourth-order valence-corrected chi connectivity index (χ4v) is 3.34. The Bertz CT molecular complexity index is 448. The minimum Gasteiger partial charge on any atom is -0.394 e. The predicted octanol–water partition coefficient (Wildman–Crippen LogP) is 0.287. The quantitative estimate of drug-likeness (QED) is 0.815. The molecule has 1 aromatic rings. The molecule has 4 nitrogen and oxygen atoms in total. The first-order valence-corrected chi connectivity index (χ1v) is 6.38. The standard InChI is InChI=1S/C14H18N2O2/c1-15-7-11-14(10-5-3-2-4-6-10)12(9-17)16(11)13(18)8-15/h2-6,11-12,14,17H,7-9H2,1H3/t11-,12+,14+/m0/s1. The van der Waals surface area contributed by atoms with E-state index in [0.29, 0.717) is 6.54 Å². The normalized spacial score (nSPS) is 32.0. The lowest BCUT2D eigenvalue weighted by Gasteiger charge is -2.58. The Balaban J connectivity index is 1.89. The van der Waals surface area contributed by atoms with Gasteiger partial charge in [-0.05, 0) is 12.6 Å². The Hall–Kier alpha value is -1.39. The SMILES string of the molecule is CN1CC(=O)N2[C@H](CO)[C@H](c3ccccc3)[C@@H]2C1. The van der Waals surface area contributed by atoms with Gasteiger partial charge in [-0.1, -0.05) is 30.3 Å². The Morgan fingerprint density at radius 1 is 1.33 bits per heavy atom. The van der Waals surface area contributed by atoms with Crippen molar-refractivity contribution in [2.75, 3.05) is 26.7 Å². The number of hydrogen-bond acceptors (Lipinski definition) is 3. The molecule has 0 aromatic heterocycles. The average molecular weight is 246 g/mol. The second kappa shape index (κ2) is 4.37. The smallest absolute Gasteiger partial charge is 0.237 e. The zero-order valence-electron chi connectivity index (χ0n) is 10.5. The van der Waals surface area contributed by atoms with Gasteiger partial charge in [-0.15, -0.1) is 0 Å². The van der Waals surface area contributed by atoms with Gasteiger partial charge >= 0.3 is 0 Å². The number of aliphatic hydroxyl groups is 1. The summed E-state index contributed by atoms with van der Waals surface area (Å²) in [6.45, 7) is 1.40. The third-order valence-corrected chi connectivity index (χ3v) is 4.11. The highest BCUT2D eigenvalue weighted by Gasteiger charge is 2.53. The van der Waals surface area contributed by atoms with Crippen LogP contribution < -0.4 is 0 Å². The van der Waals surface area contributed by atoms with Crippen LogP contribution in [0.5, 0.6) is 0 Å². The van der Waals surface area contributed by atoms with Crippen LogP contribution in [-0.2, 0) is 4.79 Å². The third-order valence-electron chi connectivity index (χ3n) is 4.11. The van der Waals surface area contributed by atoms with Crippen LogP contribution in [0.25, 0.3) is 0 Å². The van der Waals surface area contributed by atoms with Crippen LogP contribution in [-0.4, -0.2) is 59.6 Å². The van der Waals surface area contributed by atoms with E-state index in [1.165, 1.54) is 5.56 Å². The summed E-state index contributed by atoms with van der Waals surface area (Å²) in [7, 11) is 1.98. The minimum absolute atomic E-state index is 0.0430. The van der Waals surface area contributed by atoms with Crippen LogP contribution in [0.15, 0.2) is 30.3 Å². The number of carbonyl (C=O) groups is 1. The summed E-state index contributed by atoms with van der Waals surface area (Å²) in [5.41, 5.74) is 1.22. The molecule has 3 atom stereocenters. The van der Waals surface area contributed by atoms with Crippen molar-refractivity contribution >= 4 is 5.91 Å². The molecule has 0 spiro atoms. The van der Waals surface area contributed by atoms with Crippen molar-refractivity contribution in [2.24, 2.45) is 0 Å². The number of piperazine rings is 1. The van der Waals surface area contributed by atoms with Crippen molar-refractivity contribution < 1.29 is 9.90 Å². The molecule has 18 heavy (non-hydrogen) atoms. The van der Waals surface area contributed by atoms with E-state index in [4.69, 9.17) is 0 Å². The largest absolute Gasteiger partial charge is 0.394 e. The molecule has 2 saturated heterocycles. The molecule has 2 heterocycles. The molecular formula is C14H18N2O2. The van der Waals surface area contributed by atoms with Crippen molar-refractivity contribution in [1.29, 1.82) is 0 Å². The Kier molecular flexibility index (Phi) is 2.84. The van der Waals surface area contributed by atoms with Crippen molar-refractivity contribution in [3.05, 3.63) is 35.9 Å². The molecule has 2 aliphatic heterocycles. The van der Waals surface area contributed by atoms with E-state index in [0.717, 1.165) is 6.54 Å². The number of amides is 1. The van der Waals surface area contributed by atoms with Crippen molar-refractivity contribution in [2.45, 2.75) is 18.0 Å². The van der Waals surface area contributed by atoms with Crippen LogP contribution in [0.4, 0.5) is 0 Å². The van der Waals surface area contributed by atoms with Crippen molar-refractivity contribution in [1.82, 2.24) is 9.80 Å². The van der Waals surface area contributed by atoms with Gasteiger partial charge in [-0.2, -0.15) is 0 Å². The zero-order chi connectivity index (χ0) is 12.7. The monoisotopic (exact) mass is 246 g/mol. The fourth-order valence-electron chi connectivity index (χ4n) is 3.34. The summed E-state index contributed by atoms with van der Waals surface area (Å²) >= 11 is 0. The van der Waals surface area contributed by atoms with E-state index in [2.05, 4.69) is 17.0 Å². The van der Waals surface area contributed by atoms with Gasteiger partial charge in [0.2, 0.25) is 5.91 Å².